The summed E-state index contributed by atoms with van der Waals surface area (Å²) in [5.74, 6) is -1.14. The van der Waals surface area contributed by atoms with Gasteiger partial charge >= 0.3 is 5.97 Å². The highest BCUT2D eigenvalue weighted by Crippen LogP contribution is 2.33. The van der Waals surface area contributed by atoms with Crippen LogP contribution in [0, 0.1) is 12.8 Å². The average Bonchev–Trinajstić information content (AvgIpc) is 2.47. The van der Waals surface area contributed by atoms with E-state index >= 15 is 0 Å². The fourth-order valence-electron chi connectivity index (χ4n) is 3.10. The number of rotatable bonds is 4. The molecule has 3 unspecified atom stereocenters. The highest BCUT2D eigenvalue weighted by molar-refractivity contribution is 6.31. The van der Waals surface area contributed by atoms with E-state index in [4.69, 9.17) is 11.6 Å². The van der Waals surface area contributed by atoms with E-state index in [-0.39, 0.29) is 5.92 Å². The van der Waals surface area contributed by atoms with Gasteiger partial charge in [0.25, 0.3) is 0 Å². The molecule has 0 bridgehead atoms. The second-order valence-corrected chi connectivity index (χ2v) is 6.79. The van der Waals surface area contributed by atoms with E-state index in [1.165, 1.54) is 0 Å². The molecule has 0 saturated heterocycles. The zero-order valence-corrected chi connectivity index (χ0v) is 13.7. The number of aryl methyl sites for hydroxylation is 1. The van der Waals surface area contributed by atoms with Gasteiger partial charge in [-0.05, 0) is 31.2 Å². The van der Waals surface area contributed by atoms with Crippen LogP contribution >= 0.6 is 11.6 Å². The Morgan fingerprint density at radius 2 is 2.00 bits per heavy atom. The second kappa shape index (κ2) is 6.69. The molecule has 1 saturated carbocycles. The van der Waals surface area contributed by atoms with E-state index in [1.54, 1.807) is 12.1 Å². The van der Waals surface area contributed by atoms with Gasteiger partial charge in [0, 0.05) is 0 Å². The van der Waals surface area contributed by atoms with Crippen LogP contribution in [-0.4, -0.2) is 22.5 Å². The fraction of sp³-hybridized carbons (Fsp3) is 0.529. The van der Waals surface area contributed by atoms with Gasteiger partial charge in [0.2, 0.25) is 5.91 Å². The van der Waals surface area contributed by atoms with Gasteiger partial charge in [-0.1, -0.05) is 49.6 Å². The largest absolute Gasteiger partial charge is 0.480 e. The highest BCUT2D eigenvalue weighted by Gasteiger charge is 2.44. The maximum atomic E-state index is 12.4. The quantitative estimate of drug-likeness (QED) is 0.834. The molecule has 0 radical (unpaired) electrons. The van der Waals surface area contributed by atoms with Crippen molar-refractivity contribution in [1.82, 2.24) is 5.32 Å². The van der Waals surface area contributed by atoms with Crippen molar-refractivity contribution in [3.8, 4) is 0 Å². The standard InChI is InChI=1S/C17H22ClNO3/c1-11-5-7-13(8-6-11)14(18)15(20)19-17(16(21)22)9-3-4-12(2)10-17/h5-8,12,14H,3-4,9-10H2,1-2H3,(H,19,20)(H,21,22). The molecule has 1 aliphatic carbocycles. The zero-order chi connectivity index (χ0) is 16.3. The number of alkyl halides is 1. The molecule has 0 heterocycles. The van der Waals surface area contributed by atoms with E-state index in [2.05, 4.69) is 5.32 Å². The molecule has 0 aliphatic heterocycles. The maximum absolute atomic E-state index is 12.4. The molecule has 1 amide bonds. The molecule has 2 rings (SSSR count). The van der Waals surface area contributed by atoms with Gasteiger partial charge in [0.05, 0.1) is 0 Å². The summed E-state index contributed by atoms with van der Waals surface area (Å²) in [6.07, 6.45) is 2.69. The van der Waals surface area contributed by atoms with E-state index in [0.29, 0.717) is 18.4 Å². The van der Waals surface area contributed by atoms with Gasteiger partial charge in [-0.2, -0.15) is 0 Å². The SMILES string of the molecule is Cc1ccc(C(Cl)C(=O)NC2(C(=O)O)CCCC(C)C2)cc1. The van der Waals surface area contributed by atoms with Crippen molar-refractivity contribution in [3.05, 3.63) is 35.4 Å². The Balaban J connectivity index is 2.14. The minimum atomic E-state index is -1.19. The zero-order valence-electron chi connectivity index (χ0n) is 12.9. The van der Waals surface area contributed by atoms with Crippen molar-refractivity contribution in [3.63, 3.8) is 0 Å². The summed E-state index contributed by atoms with van der Waals surface area (Å²) in [5.41, 5.74) is 0.567. The van der Waals surface area contributed by atoms with Crippen molar-refractivity contribution in [2.75, 3.05) is 0 Å². The minimum Gasteiger partial charge on any atom is -0.480 e. The first kappa shape index (κ1) is 16.8. The smallest absolute Gasteiger partial charge is 0.329 e. The maximum Gasteiger partial charge on any atom is 0.329 e. The van der Waals surface area contributed by atoms with Gasteiger partial charge < -0.3 is 10.4 Å². The lowest BCUT2D eigenvalue weighted by Crippen LogP contribution is -2.57. The molecule has 5 heteroatoms. The van der Waals surface area contributed by atoms with E-state index in [0.717, 1.165) is 18.4 Å². The summed E-state index contributed by atoms with van der Waals surface area (Å²) in [4.78, 5) is 24.1. The summed E-state index contributed by atoms with van der Waals surface area (Å²) in [6, 6.07) is 7.36. The highest BCUT2D eigenvalue weighted by atomic mass is 35.5. The summed E-state index contributed by atoms with van der Waals surface area (Å²) in [7, 11) is 0. The normalized spacial score (nSPS) is 26.2. The summed E-state index contributed by atoms with van der Waals surface area (Å²) in [5, 5.41) is 11.4. The van der Waals surface area contributed by atoms with Crippen LogP contribution < -0.4 is 5.32 Å². The average molecular weight is 324 g/mol. The number of hydrogen-bond donors (Lipinski definition) is 2. The predicted molar refractivity (Wildman–Crippen MR) is 85.9 cm³/mol. The fourth-order valence-corrected chi connectivity index (χ4v) is 3.30. The lowest BCUT2D eigenvalue weighted by Gasteiger charge is -2.37. The first-order valence-electron chi connectivity index (χ1n) is 7.60. The van der Waals surface area contributed by atoms with Crippen LogP contribution in [0.2, 0.25) is 0 Å². The van der Waals surface area contributed by atoms with Crippen molar-refractivity contribution >= 4 is 23.5 Å². The Labute approximate surface area is 135 Å². The number of carboxylic acids is 1. The van der Waals surface area contributed by atoms with Gasteiger partial charge in [0.1, 0.15) is 10.9 Å². The molecule has 0 aromatic heterocycles. The lowest BCUT2D eigenvalue weighted by atomic mass is 9.76. The number of nitrogens with one attached hydrogen (secondary N) is 1. The molecule has 22 heavy (non-hydrogen) atoms. The molecule has 4 nitrogen and oxygen atoms in total. The molecule has 1 aromatic carbocycles. The Hall–Kier alpha value is -1.55. The predicted octanol–water partition coefficient (Wildman–Crippen LogP) is 3.42. The van der Waals surface area contributed by atoms with Crippen molar-refractivity contribution in [1.29, 1.82) is 0 Å². The Kier molecular flexibility index (Phi) is 5.12. The lowest BCUT2D eigenvalue weighted by molar-refractivity contribution is -0.150. The van der Waals surface area contributed by atoms with Crippen LogP contribution in [-0.2, 0) is 9.59 Å². The van der Waals surface area contributed by atoms with Crippen LogP contribution in [0.5, 0.6) is 0 Å². The van der Waals surface area contributed by atoms with E-state index < -0.39 is 22.8 Å². The second-order valence-electron chi connectivity index (χ2n) is 6.35. The monoisotopic (exact) mass is 323 g/mol. The number of aliphatic carboxylic acids is 1. The number of carbonyl (C=O) groups is 2. The molecule has 120 valence electrons. The summed E-state index contributed by atoms with van der Waals surface area (Å²) in [6.45, 7) is 3.97. The van der Waals surface area contributed by atoms with Crippen LogP contribution in [0.4, 0.5) is 0 Å². The van der Waals surface area contributed by atoms with E-state index in [9.17, 15) is 14.7 Å². The summed E-state index contributed by atoms with van der Waals surface area (Å²) < 4.78 is 0. The molecule has 3 atom stereocenters. The molecule has 2 N–H and O–H groups in total. The third kappa shape index (κ3) is 3.61. The number of benzene rings is 1. The topological polar surface area (TPSA) is 66.4 Å². The van der Waals surface area contributed by atoms with Crippen molar-refractivity contribution in [2.24, 2.45) is 5.92 Å². The van der Waals surface area contributed by atoms with Crippen LogP contribution in [0.15, 0.2) is 24.3 Å². The van der Waals surface area contributed by atoms with Crippen LogP contribution in [0.1, 0.15) is 49.1 Å². The first-order valence-corrected chi connectivity index (χ1v) is 8.04. The molecular formula is C17H22ClNO3. The van der Waals surface area contributed by atoms with Gasteiger partial charge in [-0.3, -0.25) is 4.79 Å². The number of halogens is 1. The Morgan fingerprint density at radius 1 is 1.36 bits per heavy atom. The Bertz CT molecular complexity index is 558. The number of carboxylic acid groups (broad SMARTS) is 1. The Morgan fingerprint density at radius 3 is 2.55 bits per heavy atom. The first-order chi connectivity index (χ1) is 10.3. The third-order valence-electron chi connectivity index (χ3n) is 4.37. The van der Waals surface area contributed by atoms with Crippen LogP contribution in [0.3, 0.4) is 0 Å². The van der Waals surface area contributed by atoms with Gasteiger partial charge in [0.15, 0.2) is 0 Å². The molecule has 1 aliphatic rings. The van der Waals surface area contributed by atoms with Gasteiger partial charge in [-0.15, -0.1) is 11.6 Å². The molecular weight excluding hydrogens is 302 g/mol. The molecule has 1 fully saturated rings. The number of amides is 1. The van der Waals surface area contributed by atoms with E-state index in [1.807, 2.05) is 26.0 Å². The van der Waals surface area contributed by atoms with Gasteiger partial charge in [-0.25, -0.2) is 4.79 Å². The summed E-state index contributed by atoms with van der Waals surface area (Å²) >= 11 is 6.23. The molecule has 1 aromatic rings. The van der Waals surface area contributed by atoms with Crippen molar-refractivity contribution in [2.45, 2.75) is 50.4 Å². The number of carbonyl (C=O) groups excluding carboxylic acids is 1. The third-order valence-corrected chi connectivity index (χ3v) is 4.82. The van der Waals surface area contributed by atoms with Crippen molar-refractivity contribution < 1.29 is 14.7 Å². The van der Waals surface area contributed by atoms with Crippen LogP contribution in [0.25, 0.3) is 0 Å². The molecule has 0 spiro atoms. The minimum absolute atomic E-state index is 0.276. The number of hydrogen-bond acceptors (Lipinski definition) is 2.